The maximum atomic E-state index is 4.38. The second-order valence-electron chi connectivity index (χ2n) is 8.33. The molecule has 1 aliphatic heterocycles. The van der Waals surface area contributed by atoms with Crippen molar-refractivity contribution in [2.24, 2.45) is 10.9 Å². The lowest BCUT2D eigenvalue weighted by molar-refractivity contribution is 0.159. The fourth-order valence-corrected chi connectivity index (χ4v) is 4.01. The fraction of sp³-hybridized carbons (Fsp3) is 0.950. The van der Waals surface area contributed by atoms with Crippen LogP contribution < -0.4 is 10.6 Å². The van der Waals surface area contributed by atoms with Gasteiger partial charge in [-0.25, -0.2) is 0 Å². The van der Waals surface area contributed by atoms with Gasteiger partial charge in [-0.3, -0.25) is 9.89 Å². The molecule has 1 atom stereocenters. The summed E-state index contributed by atoms with van der Waals surface area (Å²) in [4.78, 5) is 9.73. The maximum absolute atomic E-state index is 4.38. The zero-order chi connectivity index (χ0) is 17.5. The maximum Gasteiger partial charge on any atom is 0.191 e. The van der Waals surface area contributed by atoms with E-state index >= 15 is 0 Å². The average Bonchev–Trinajstić information content (AvgIpc) is 3.51. The SMILES string of the molecule is CN=C(NCCCN1CCCCC1C)NCCN(CC1CC1)C1CC1. The number of rotatable bonds is 10. The van der Waals surface area contributed by atoms with Crippen LogP contribution in [0.3, 0.4) is 0 Å². The van der Waals surface area contributed by atoms with E-state index in [1.807, 2.05) is 7.05 Å². The number of nitrogens with one attached hydrogen (secondary N) is 2. The number of hydrogen-bond donors (Lipinski definition) is 2. The summed E-state index contributed by atoms with van der Waals surface area (Å²) in [5.74, 6) is 1.96. The second-order valence-corrected chi connectivity index (χ2v) is 8.33. The van der Waals surface area contributed by atoms with Gasteiger partial charge in [-0.15, -0.1) is 0 Å². The molecule has 2 saturated carbocycles. The lowest BCUT2D eigenvalue weighted by Gasteiger charge is -2.33. The number of likely N-dealkylation sites (tertiary alicyclic amines) is 1. The van der Waals surface area contributed by atoms with Crippen LogP contribution in [-0.4, -0.2) is 74.2 Å². The molecule has 5 nitrogen and oxygen atoms in total. The van der Waals surface area contributed by atoms with Crippen molar-refractivity contribution >= 4 is 5.96 Å². The van der Waals surface area contributed by atoms with E-state index < -0.39 is 0 Å². The Morgan fingerprint density at radius 3 is 2.56 bits per heavy atom. The van der Waals surface area contributed by atoms with E-state index in [0.717, 1.165) is 43.6 Å². The third-order valence-electron chi connectivity index (χ3n) is 6.02. The normalized spacial score (nSPS) is 25.4. The molecule has 0 aromatic carbocycles. The predicted molar refractivity (Wildman–Crippen MR) is 106 cm³/mol. The first kappa shape index (κ1) is 19.0. The van der Waals surface area contributed by atoms with Crippen molar-refractivity contribution in [3.63, 3.8) is 0 Å². The predicted octanol–water partition coefficient (Wildman–Crippen LogP) is 2.29. The number of nitrogens with zero attached hydrogens (tertiary/aromatic N) is 3. The molecule has 0 bridgehead atoms. The third-order valence-corrected chi connectivity index (χ3v) is 6.02. The zero-order valence-electron chi connectivity index (χ0n) is 16.5. The summed E-state index contributed by atoms with van der Waals surface area (Å²) < 4.78 is 0. The van der Waals surface area contributed by atoms with Gasteiger partial charge in [0, 0.05) is 51.9 Å². The molecule has 144 valence electrons. The number of guanidine groups is 1. The van der Waals surface area contributed by atoms with Gasteiger partial charge in [0.25, 0.3) is 0 Å². The van der Waals surface area contributed by atoms with Gasteiger partial charge in [0.05, 0.1) is 0 Å². The van der Waals surface area contributed by atoms with E-state index in [0.29, 0.717) is 0 Å². The molecular weight excluding hydrogens is 310 g/mol. The summed E-state index contributed by atoms with van der Waals surface area (Å²) in [6.45, 7) is 9.37. The molecule has 0 aromatic heterocycles. The van der Waals surface area contributed by atoms with Crippen molar-refractivity contribution in [2.45, 2.75) is 70.4 Å². The molecule has 1 heterocycles. The van der Waals surface area contributed by atoms with Crippen LogP contribution in [0.25, 0.3) is 0 Å². The summed E-state index contributed by atoms with van der Waals surface area (Å²) in [5.41, 5.74) is 0. The molecule has 2 aliphatic carbocycles. The molecular formula is C20H39N5. The van der Waals surface area contributed by atoms with E-state index in [2.05, 4.69) is 32.3 Å². The molecule has 1 saturated heterocycles. The quantitative estimate of drug-likeness (QED) is 0.361. The molecule has 0 amide bonds. The first-order chi connectivity index (χ1) is 12.3. The van der Waals surface area contributed by atoms with Crippen LogP contribution in [0, 0.1) is 5.92 Å². The highest BCUT2D eigenvalue weighted by Crippen LogP contribution is 2.34. The Morgan fingerprint density at radius 2 is 1.88 bits per heavy atom. The first-order valence-electron chi connectivity index (χ1n) is 10.7. The molecule has 5 heteroatoms. The minimum atomic E-state index is 0.770. The van der Waals surface area contributed by atoms with Crippen LogP contribution in [-0.2, 0) is 0 Å². The Bertz CT molecular complexity index is 416. The van der Waals surface area contributed by atoms with Crippen LogP contribution in [0.4, 0.5) is 0 Å². The Balaban J connectivity index is 1.26. The molecule has 1 unspecified atom stereocenters. The van der Waals surface area contributed by atoms with Crippen molar-refractivity contribution in [1.82, 2.24) is 20.4 Å². The lowest BCUT2D eigenvalue weighted by atomic mass is 10.0. The van der Waals surface area contributed by atoms with Crippen molar-refractivity contribution in [3.8, 4) is 0 Å². The van der Waals surface area contributed by atoms with Gasteiger partial charge in [-0.2, -0.15) is 0 Å². The van der Waals surface area contributed by atoms with Crippen LogP contribution in [0.15, 0.2) is 4.99 Å². The van der Waals surface area contributed by atoms with E-state index in [4.69, 9.17) is 0 Å². The fourth-order valence-electron chi connectivity index (χ4n) is 4.01. The number of aliphatic imine (C=N–C) groups is 1. The Kier molecular flexibility index (Phi) is 7.41. The molecule has 0 aromatic rings. The molecule has 2 N–H and O–H groups in total. The summed E-state index contributed by atoms with van der Waals surface area (Å²) >= 11 is 0. The molecule has 25 heavy (non-hydrogen) atoms. The van der Waals surface area contributed by atoms with Gasteiger partial charge in [-0.05, 0) is 64.3 Å². The highest BCUT2D eigenvalue weighted by molar-refractivity contribution is 5.79. The number of piperidine rings is 1. The van der Waals surface area contributed by atoms with Crippen molar-refractivity contribution < 1.29 is 0 Å². The zero-order valence-corrected chi connectivity index (χ0v) is 16.5. The first-order valence-corrected chi connectivity index (χ1v) is 10.7. The molecule has 0 radical (unpaired) electrons. The smallest absolute Gasteiger partial charge is 0.191 e. The van der Waals surface area contributed by atoms with E-state index in [1.54, 1.807) is 0 Å². The third kappa shape index (κ3) is 6.78. The number of hydrogen-bond acceptors (Lipinski definition) is 3. The second kappa shape index (κ2) is 9.77. The van der Waals surface area contributed by atoms with Crippen molar-refractivity contribution in [1.29, 1.82) is 0 Å². The van der Waals surface area contributed by atoms with Gasteiger partial charge in [0.15, 0.2) is 5.96 Å². The highest BCUT2D eigenvalue weighted by atomic mass is 15.2. The summed E-state index contributed by atoms with van der Waals surface area (Å²) in [6.07, 6.45) is 11.1. The van der Waals surface area contributed by atoms with Gasteiger partial charge in [-0.1, -0.05) is 6.42 Å². The molecule has 3 aliphatic rings. The van der Waals surface area contributed by atoms with Crippen LogP contribution >= 0.6 is 0 Å². The standard InChI is InChI=1S/C20H39N5/c1-17-6-3-4-13-24(17)14-5-11-22-20(21-2)23-12-15-25(19-9-10-19)16-18-7-8-18/h17-19H,3-16H2,1-2H3,(H2,21,22,23). The Morgan fingerprint density at radius 1 is 1.08 bits per heavy atom. The van der Waals surface area contributed by atoms with Gasteiger partial charge >= 0.3 is 0 Å². The minimum Gasteiger partial charge on any atom is -0.356 e. The van der Waals surface area contributed by atoms with E-state index in [1.165, 1.54) is 71.0 Å². The van der Waals surface area contributed by atoms with E-state index in [9.17, 15) is 0 Å². The van der Waals surface area contributed by atoms with Gasteiger partial charge in [0.2, 0.25) is 0 Å². The summed E-state index contributed by atoms with van der Waals surface area (Å²) in [5, 5.41) is 7.00. The minimum absolute atomic E-state index is 0.770. The monoisotopic (exact) mass is 349 g/mol. The van der Waals surface area contributed by atoms with Gasteiger partial charge < -0.3 is 15.5 Å². The van der Waals surface area contributed by atoms with Crippen LogP contribution in [0.2, 0.25) is 0 Å². The van der Waals surface area contributed by atoms with Gasteiger partial charge in [0.1, 0.15) is 0 Å². The Labute approximate surface area is 154 Å². The van der Waals surface area contributed by atoms with Crippen LogP contribution in [0.5, 0.6) is 0 Å². The van der Waals surface area contributed by atoms with E-state index in [-0.39, 0.29) is 0 Å². The van der Waals surface area contributed by atoms with Crippen molar-refractivity contribution in [2.75, 3.05) is 46.3 Å². The topological polar surface area (TPSA) is 42.9 Å². The molecule has 3 rings (SSSR count). The largest absolute Gasteiger partial charge is 0.356 e. The highest BCUT2D eigenvalue weighted by Gasteiger charge is 2.33. The lowest BCUT2D eigenvalue weighted by Crippen LogP contribution is -2.44. The Hall–Kier alpha value is -0.810. The van der Waals surface area contributed by atoms with Crippen LogP contribution in [0.1, 0.15) is 58.3 Å². The molecule has 0 spiro atoms. The average molecular weight is 350 g/mol. The summed E-state index contributed by atoms with van der Waals surface area (Å²) in [6, 6.07) is 1.65. The molecule has 3 fully saturated rings. The van der Waals surface area contributed by atoms with Crippen molar-refractivity contribution in [3.05, 3.63) is 0 Å². The summed E-state index contributed by atoms with van der Waals surface area (Å²) in [7, 11) is 1.88.